The second-order valence-electron chi connectivity index (χ2n) is 14.9. The number of pyridine rings is 1. The number of imide groups is 1. The summed E-state index contributed by atoms with van der Waals surface area (Å²) in [7, 11) is 0. The number of aliphatic hydroxyl groups excluding tert-OH is 2. The van der Waals surface area contributed by atoms with Crippen molar-refractivity contribution in [2.24, 2.45) is 11.7 Å². The molecule has 0 bridgehead atoms. The van der Waals surface area contributed by atoms with Gasteiger partial charge >= 0.3 is 5.97 Å². The Balaban J connectivity index is 1.36. The molecule has 0 spiro atoms. The maximum absolute atomic E-state index is 14.5. The Kier molecular flexibility index (Phi) is 16.1. The molecule has 56 heavy (non-hydrogen) atoms. The third-order valence-corrected chi connectivity index (χ3v) is 10.6. The molecule has 1 aliphatic carbocycles. The van der Waals surface area contributed by atoms with Crippen LogP contribution in [0, 0.1) is 5.92 Å². The highest BCUT2D eigenvalue weighted by molar-refractivity contribution is 6.02. The number of carbonyl (C=O) groups is 5. The average molecular weight is 774 g/mol. The first-order valence-corrected chi connectivity index (χ1v) is 19.7. The number of nitrogens with two attached hydrogens (primary N) is 1. The summed E-state index contributed by atoms with van der Waals surface area (Å²) in [5.41, 5.74) is 8.03. The van der Waals surface area contributed by atoms with Gasteiger partial charge in [-0.1, -0.05) is 42.8 Å². The average Bonchev–Trinajstić information content (AvgIpc) is 3.73. The molecule has 2 fully saturated rings. The van der Waals surface area contributed by atoms with E-state index in [2.05, 4.69) is 20.3 Å². The maximum Gasteiger partial charge on any atom is 0.326 e. The van der Waals surface area contributed by atoms with Crippen LogP contribution in [-0.2, 0) is 48.0 Å². The van der Waals surface area contributed by atoms with Crippen molar-refractivity contribution < 1.29 is 38.9 Å². The van der Waals surface area contributed by atoms with Gasteiger partial charge in [-0.15, -0.1) is 0 Å². The van der Waals surface area contributed by atoms with E-state index in [-0.39, 0.29) is 43.7 Å². The zero-order valence-electron chi connectivity index (χ0n) is 31.8. The predicted octanol–water partition coefficient (Wildman–Crippen LogP) is 2.01. The van der Waals surface area contributed by atoms with Crippen LogP contribution in [0.4, 0.5) is 0 Å². The highest BCUT2D eigenvalue weighted by Gasteiger charge is 2.37. The van der Waals surface area contributed by atoms with Crippen molar-refractivity contribution in [3.05, 3.63) is 84.2 Å². The van der Waals surface area contributed by atoms with Crippen LogP contribution < -0.4 is 11.1 Å². The number of aromatic amines is 1. The molecule has 4 amide bonds. The Labute approximate surface area is 327 Å². The number of nitrogens with zero attached hydrogens (tertiary/aromatic N) is 4. The summed E-state index contributed by atoms with van der Waals surface area (Å²) < 4.78 is 5.68. The number of hydrogen-bond acceptors (Lipinski definition) is 11. The predicted molar refractivity (Wildman–Crippen MR) is 205 cm³/mol. The number of imidazole rings is 1. The molecule has 302 valence electrons. The van der Waals surface area contributed by atoms with Crippen LogP contribution in [0.15, 0.2) is 67.3 Å². The number of aromatic nitrogens is 3. The third kappa shape index (κ3) is 13.1. The zero-order chi connectivity index (χ0) is 39.9. The minimum absolute atomic E-state index is 0.0123. The van der Waals surface area contributed by atoms with E-state index in [1.54, 1.807) is 29.3 Å². The second-order valence-corrected chi connectivity index (χ2v) is 14.9. The largest absolute Gasteiger partial charge is 0.461 e. The first-order chi connectivity index (χ1) is 27.0. The van der Waals surface area contributed by atoms with Crippen LogP contribution in [0.2, 0.25) is 0 Å². The Bertz CT molecular complexity index is 1700. The minimum Gasteiger partial charge on any atom is -0.461 e. The lowest BCUT2D eigenvalue weighted by Gasteiger charge is -2.32. The summed E-state index contributed by atoms with van der Waals surface area (Å²) in [6.07, 6.45) is 6.39. The Morgan fingerprint density at radius 2 is 1.66 bits per heavy atom. The van der Waals surface area contributed by atoms with Crippen LogP contribution in [-0.4, -0.2) is 115 Å². The van der Waals surface area contributed by atoms with E-state index >= 15 is 0 Å². The number of nitrogens with one attached hydrogen (secondary N) is 2. The van der Waals surface area contributed by atoms with Gasteiger partial charge in [-0.25, -0.2) is 4.98 Å². The fourth-order valence-corrected chi connectivity index (χ4v) is 7.22. The Morgan fingerprint density at radius 1 is 0.929 bits per heavy atom. The molecule has 1 saturated carbocycles. The Morgan fingerprint density at radius 3 is 2.34 bits per heavy atom. The molecule has 4 atom stereocenters. The molecular weight excluding hydrogens is 718 g/mol. The monoisotopic (exact) mass is 773 g/mol. The third-order valence-electron chi connectivity index (χ3n) is 10.6. The van der Waals surface area contributed by atoms with Crippen LogP contribution in [0.3, 0.4) is 0 Å². The molecule has 15 nitrogen and oxygen atoms in total. The van der Waals surface area contributed by atoms with Gasteiger partial charge in [0.15, 0.2) is 0 Å². The van der Waals surface area contributed by atoms with E-state index in [1.165, 1.54) is 12.5 Å². The molecule has 1 aliphatic heterocycles. The number of amides is 4. The van der Waals surface area contributed by atoms with Gasteiger partial charge in [0.1, 0.15) is 18.7 Å². The van der Waals surface area contributed by atoms with E-state index < -0.39 is 60.8 Å². The number of H-pyrrole nitrogens is 1. The maximum atomic E-state index is 14.5. The highest BCUT2D eigenvalue weighted by atomic mass is 16.5. The number of likely N-dealkylation sites (tertiary alicyclic amines) is 1. The molecule has 15 heteroatoms. The number of esters is 1. The van der Waals surface area contributed by atoms with Crippen molar-refractivity contribution in [1.29, 1.82) is 0 Å². The first-order valence-electron chi connectivity index (χ1n) is 19.7. The lowest BCUT2D eigenvalue weighted by molar-refractivity contribution is -0.161. The van der Waals surface area contributed by atoms with Crippen molar-refractivity contribution in [2.45, 2.75) is 114 Å². The van der Waals surface area contributed by atoms with Crippen molar-refractivity contribution >= 4 is 29.6 Å². The number of ether oxygens (including phenoxy) is 1. The van der Waals surface area contributed by atoms with Gasteiger partial charge in [0.05, 0.1) is 30.9 Å². The second kappa shape index (κ2) is 21.3. The summed E-state index contributed by atoms with van der Waals surface area (Å²) >= 11 is 0. The topological polar surface area (TPSA) is 221 Å². The van der Waals surface area contributed by atoms with Gasteiger partial charge in [-0.3, -0.25) is 33.9 Å². The summed E-state index contributed by atoms with van der Waals surface area (Å²) in [6, 6.07) is 13.2. The summed E-state index contributed by atoms with van der Waals surface area (Å²) in [4.78, 5) is 83.1. The standard InChI is InChI=1S/C41H55N7O8/c42-30-16-19-47(20-17-30)37(51)22-29(21-28-9-3-1-4-10-28)40(54)46-34(23-32-25-43-27-45-32)41(55)48(26-39(53)56-33-12-5-2-6-13-33)38(52)24-36(50)35(49)15-14-31-11-7-8-18-44-31/h1,3-4,7-11,18,25,27,29-30,33-36,49-50H,2,5-6,12-17,19-24,26,42H2,(H,43,45)(H,46,54)/t29-,34+,35+,36-/m1/s1. The smallest absolute Gasteiger partial charge is 0.326 e. The molecule has 2 aliphatic rings. The van der Waals surface area contributed by atoms with E-state index in [0.29, 0.717) is 61.5 Å². The zero-order valence-corrected chi connectivity index (χ0v) is 31.8. The highest BCUT2D eigenvalue weighted by Crippen LogP contribution is 2.22. The molecular formula is C41H55N7O8. The molecule has 0 radical (unpaired) electrons. The van der Waals surface area contributed by atoms with E-state index in [9.17, 15) is 34.2 Å². The van der Waals surface area contributed by atoms with Crippen LogP contribution in [0.5, 0.6) is 0 Å². The van der Waals surface area contributed by atoms with Gasteiger partial charge in [-0.05, 0) is 75.5 Å². The van der Waals surface area contributed by atoms with Gasteiger partial charge in [0.25, 0.3) is 5.91 Å². The molecule has 0 unspecified atom stereocenters. The molecule has 2 aromatic heterocycles. The van der Waals surface area contributed by atoms with Crippen LogP contribution in [0.25, 0.3) is 0 Å². The molecule has 5 rings (SSSR count). The number of benzene rings is 1. The lowest BCUT2D eigenvalue weighted by atomic mass is 9.93. The van der Waals surface area contributed by atoms with Gasteiger partial charge in [0.2, 0.25) is 17.7 Å². The van der Waals surface area contributed by atoms with Crippen molar-refractivity contribution in [3.63, 3.8) is 0 Å². The summed E-state index contributed by atoms with van der Waals surface area (Å²) in [5, 5.41) is 24.5. The van der Waals surface area contributed by atoms with Crippen LogP contribution >= 0.6 is 0 Å². The quantitative estimate of drug-likeness (QED) is 0.118. The molecule has 1 saturated heterocycles. The summed E-state index contributed by atoms with van der Waals surface area (Å²) in [5.74, 6) is -4.32. The fraction of sp³-hybridized carbons (Fsp3) is 0.537. The van der Waals surface area contributed by atoms with Crippen molar-refractivity contribution in [2.75, 3.05) is 19.6 Å². The Hall–Kier alpha value is -4.99. The number of aryl methyl sites for hydroxylation is 1. The number of hydrogen-bond donors (Lipinski definition) is 5. The number of rotatable bonds is 18. The van der Waals surface area contributed by atoms with E-state index in [0.717, 1.165) is 24.8 Å². The lowest BCUT2D eigenvalue weighted by Crippen LogP contribution is -2.55. The first kappa shape index (κ1) is 42.2. The SMILES string of the molecule is NC1CCN(C(=O)C[C@@H](Cc2ccccc2)C(=O)N[C@@H](Cc2cnc[nH]2)C(=O)N(CC(=O)OC2CCCCC2)C(=O)C[C@@H](O)[C@@H](O)CCc2ccccn2)CC1. The molecule has 6 N–H and O–H groups in total. The van der Waals surface area contributed by atoms with Gasteiger partial charge < -0.3 is 35.9 Å². The van der Waals surface area contributed by atoms with Crippen LogP contribution in [0.1, 0.15) is 81.2 Å². The van der Waals surface area contributed by atoms with Gasteiger partial charge in [0, 0.05) is 55.8 Å². The number of piperidine rings is 1. The normalized spacial score (nSPS) is 17.3. The van der Waals surface area contributed by atoms with Crippen molar-refractivity contribution in [3.8, 4) is 0 Å². The van der Waals surface area contributed by atoms with Crippen molar-refractivity contribution in [1.82, 2.24) is 30.1 Å². The van der Waals surface area contributed by atoms with E-state index in [1.807, 2.05) is 30.3 Å². The fourth-order valence-electron chi connectivity index (χ4n) is 7.22. The minimum atomic E-state index is -1.57. The molecule has 3 aromatic rings. The number of carbonyl (C=O) groups excluding carboxylic acids is 5. The summed E-state index contributed by atoms with van der Waals surface area (Å²) in [6.45, 7) is 0.208. The van der Waals surface area contributed by atoms with E-state index in [4.69, 9.17) is 10.5 Å². The molecule has 3 heterocycles. The number of aliphatic hydroxyl groups is 2. The van der Waals surface area contributed by atoms with Gasteiger partial charge in [-0.2, -0.15) is 0 Å². The molecule has 1 aromatic carbocycles.